The molecular formula is C20H19N3O2. The van der Waals surface area contributed by atoms with Crippen molar-refractivity contribution in [1.29, 1.82) is 5.26 Å². The summed E-state index contributed by atoms with van der Waals surface area (Å²) >= 11 is 0. The first-order valence-electron chi connectivity index (χ1n) is 8.52. The van der Waals surface area contributed by atoms with E-state index in [0.29, 0.717) is 28.5 Å². The smallest absolute Gasteiger partial charge is 0.251 e. The van der Waals surface area contributed by atoms with Crippen molar-refractivity contribution in [1.82, 2.24) is 10.2 Å². The lowest BCUT2D eigenvalue weighted by atomic mass is 9.99. The van der Waals surface area contributed by atoms with Gasteiger partial charge in [-0.25, -0.2) is 0 Å². The first-order chi connectivity index (χ1) is 12.2. The third-order valence-corrected chi connectivity index (χ3v) is 4.98. The van der Waals surface area contributed by atoms with Crippen molar-refractivity contribution in [2.45, 2.75) is 12.5 Å². The number of benzene rings is 2. The molecule has 5 heteroatoms. The third-order valence-electron chi connectivity index (χ3n) is 4.98. The minimum Gasteiger partial charge on any atom is -0.457 e. The second-order valence-corrected chi connectivity index (χ2v) is 6.65. The molecule has 2 fully saturated rings. The second kappa shape index (κ2) is 6.58. The Morgan fingerprint density at radius 2 is 1.76 bits per heavy atom. The molecular weight excluding hydrogens is 314 g/mol. The maximum Gasteiger partial charge on any atom is 0.251 e. The molecule has 1 N–H and O–H groups in total. The van der Waals surface area contributed by atoms with Crippen LogP contribution in [0, 0.1) is 17.2 Å². The second-order valence-electron chi connectivity index (χ2n) is 6.65. The van der Waals surface area contributed by atoms with Crippen LogP contribution in [0.4, 0.5) is 0 Å². The molecule has 2 unspecified atom stereocenters. The van der Waals surface area contributed by atoms with E-state index < -0.39 is 0 Å². The van der Waals surface area contributed by atoms with Crippen LogP contribution in [0.1, 0.15) is 22.3 Å². The maximum absolute atomic E-state index is 12.4. The molecule has 2 bridgehead atoms. The van der Waals surface area contributed by atoms with Gasteiger partial charge in [-0.1, -0.05) is 0 Å². The molecule has 126 valence electrons. The van der Waals surface area contributed by atoms with Gasteiger partial charge in [0.15, 0.2) is 0 Å². The molecule has 5 nitrogen and oxygen atoms in total. The summed E-state index contributed by atoms with van der Waals surface area (Å²) in [4.78, 5) is 14.8. The predicted octanol–water partition coefficient (Wildman–Crippen LogP) is 2.78. The molecule has 4 rings (SSSR count). The van der Waals surface area contributed by atoms with E-state index >= 15 is 0 Å². The highest BCUT2D eigenvalue weighted by atomic mass is 16.5. The number of nitriles is 1. The molecule has 0 aromatic heterocycles. The van der Waals surface area contributed by atoms with Crippen molar-refractivity contribution in [3.05, 3.63) is 59.7 Å². The highest BCUT2D eigenvalue weighted by Crippen LogP contribution is 2.28. The summed E-state index contributed by atoms with van der Waals surface area (Å²) in [7, 11) is 0. The lowest BCUT2D eigenvalue weighted by molar-refractivity contribution is 0.0924. The molecule has 0 saturated carbocycles. The van der Waals surface area contributed by atoms with Crippen LogP contribution in [0.15, 0.2) is 48.5 Å². The van der Waals surface area contributed by atoms with Gasteiger partial charge in [0, 0.05) is 24.7 Å². The molecule has 2 aliphatic rings. The topological polar surface area (TPSA) is 65.4 Å². The first-order valence-corrected chi connectivity index (χ1v) is 8.52. The number of carbonyl (C=O) groups excluding carboxylic acids is 1. The largest absolute Gasteiger partial charge is 0.457 e. The van der Waals surface area contributed by atoms with Crippen LogP contribution < -0.4 is 10.1 Å². The van der Waals surface area contributed by atoms with E-state index in [0.717, 1.165) is 13.1 Å². The molecule has 2 heterocycles. The van der Waals surface area contributed by atoms with E-state index in [-0.39, 0.29) is 11.9 Å². The highest BCUT2D eigenvalue weighted by Gasteiger charge is 2.38. The number of amides is 1. The van der Waals surface area contributed by atoms with Crippen molar-refractivity contribution < 1.29 is 9.53 Å². The summed E-state index contributed by atoms with van der Waals surface area (Å²) in [5.41, 5.74) is 1.24. The van der Waals surface area contributed by atoms with Crippen LogP contribution in [-0.2, 0) is 0 Å². The fourth-order valence-corrected chi connectivity index (χ4v) is 3.61. The number of fused-ring (bicyclic) bond motifs is 2. The molecule has 2 aromatic carbocycles. The average molecular weight is 333 g/mol. The van der Waals surface area contributed by atoms with Gasteiger partial charge in [0.1, 0.15) is 11.5 Å². The van der Waals surface area contributed by atoms with E-state index in [4.69, 9.17) is 10.00 Å². The highest BCUT2D eigenvalue weighted by molar-refractivity contribution is 5.94. The molecule has 1 amide bonds. The number of hydrogen-bond donors (Lipinski definition) is 1. The molecule has 25 heavy (non-hydrogen) atoms. The van der Waals surface area contributed by atoms with Crippen LogP contribution in [0.5, 0.6) is 11.5 Å². The number of ether oxygens (including phenoxy) is 1. The Balaban J connectivity index is 1.37. The first kappa shape index (κ1) is 15.7. The van der Waals surface area contributed by atoms with Gasteiger partial charge in [0.05, 0.1) is 11.6 Å². The summed E-state index contributed by atoms with van der Waals surface area (Å²) in [6.45, 7) is 3.25. The number of nitrogens with zero attached hydrogens (tertiary/aromatic N) is 2. The lowest BCUT2D eigenvalue weighted by Crippen LogP contribution is -2.43. The van der Waals surface area contributed by atoms with Crippen molar-refractivity contribution in [3.63, 3.8) is 0 Å². The summed E-state index contributed by atoms with van der Waals surface area (Å²) in [6.07, 6.45) is 1.18. The zero-order valence-corrected chi connectivity index (χ0v) is 13.8. The Hall–Kier alpha value is -2.84. The van der Waals surface area contributed by atoms with Gasteiger partial charge >= 0.3 is 0 Å². The number of carbonyl (C=O) groups is 1. The molecule has 3 atom stereocenters. The summed E-state index contributed by atoms with van der Waals surface area (Å²) in [5, 5.41) is 12.0. The van der Waals surface area contributed by atoms with Gasteiger partial charge in [0.2, 0.25) is 0 Å². The zero-order chi connectivity index (χ0) is 17.2. The fourth-order valence-electron chi connectivity index (χ4n) is 3.61. The molecule has 2 aromatic rings. The summed E-state index contributed by atoms with van der Waals surface area (Å²) in [5.74, 6) is 1.89. The molecule has 2 saturated heterocycles. The van der Waals surface area contributed by atoms with Crippen molar-refractivity contribution >= 4 is 5.91 Å². The minimum atomic E-state index is -0.0244. The molecule has 0 aliphatic carbocycles. The van der Waals surface area contributed by atoms with E-state index in [1.165, 1.54) is 13.0 Å². The van der Waals surface area contributed by atoms with Gasteiger partial charge in [-0.2, -0.15) is 5.26 Å². The third kappa shape index (κ3) is 3.35. The van der Waals surface area contributed by atoms with E-state index in [9.17, 15) is 4.79 Å². The van der Waals surface area contributed by atoms with Gasteiger partial charge in [-0.3, -0.25) is 4.79 Å². The quantitative estimate of drug-likeness (QED) is 0.934. The Labute approximate surface area is 146 Å². The van der Waals surface area contributed by atoms with E-state index in [1.54, 1.807) is 48.5 Å². The molecule has 0 spiro atoms. The predicted molar refractivity (Wildman–Crippen MR) is 93.5 cm³/mol. The van der Waals surface area contributed by atoms with Crippen LogP contribution in [0.25, 0.3) is 0 Å². The van der Waals surface area contributed by atoms with Crippen LogP contribution in [0.2, 0.25) is 0 Å². The van der Waals surface area contributed by atoms with Crippen molar-refractivity contribution in [2.24, 2.45) is 5.92 Å². The number of nitrogens with one attached hydrogen (secondary N) is 1. The van der Waals surface area contributed by atoms with Gasteiger partial charge in [-0.15, -0.1) is 0 Å². The Morgan fingerprint density at radius 1 is 1.08 bits per heavy atom. The van der Waals surface area contributed by atoms with Gasteiger partial charge in [0.25, 0.3) is 5.91 Å². The summed E-state index contributed by atoms with van der Waals surface area (Å²) < 4.78 is 5.74. The van der Waals surface area contributed by atoms with Crippen molar-refractivity contribution in [2.75, 3.05) is 19.6 Å². The normalized spacial score (nSPS) is 23.9. The monoisotopic (exact) mass is 333 g/mol. The average Bonchev–Trinajstić information content (AvgIpc) is 3.26. The number of rotatable bonds is 4. The Morgan fingerprint density at radius 3 is 2.32 bits per heavy atom. The number of piperidine rings is 1. The molecule has 2 aliphatic heterocycles. The van der Waals surface area contributed by atoms with Crippen LogP contribution in [-0.4, -0.2) is 36.5 Å². The Bertz CT molecular complexity index is 808. The fraction of sp³-hybridized carbons (Fsp3) is 0.300. The number of hydrogen-bond acceptors (Lipinski definition) is 4. The lowest BCUT2D eigenvalue weighted by Gasteiger charge is -2.23. The summed E-state index contributed by atoms with van der Waals surface area (Å²) in [6, 6.07) is 16.4. The molecule has 0 radical (unpaired) electrons. The Kier molecular flexibility index (Phi) is 4.12. The van der Waals surface area contributed by atoms with Crippen molar-refractivity contribution in [3.8, 4) is 17.6 Å². The van der Waals surface area contributed by atoms with Gasteiger partial charge < -0.3 is 15.0 Å². The SMILES string of the molecule is N#Cc1ccc(Oc2ccc(C(=O)NC3CN4CC[C@H]3C4)cc2)cc1. The van der Waals surface area contributed by atoms with Gasteiger partial charge in [-0.05, 0) is 67.4 Å². The van der Waals surface area contributed by atoms with E-state index in [1.807, 2.05) is 0 Å². The standard InChI is InChI=1S/C20H19N3O2/c21-11-14-1-5-17(6-2-14)25-18-7-3-15(4-8-18)20(24)22-19-13-23-10-9-16(19)12-23/h1-8,16,19H,9-10,12-13H2,(H,22,24)/t16-,19?/m0/s1. The maximum atomic E-state index is 12.4. The van der Waals surface area contributed by atoms with Crippen LogP contribution in [0.3, 0.4) is 0 Å². The zero-order valence-electron chi connectivity index (χ0n) is 13.8. The van der Waals surface area contributed by atoms with Crippen LogP contribution >= 0.6 is 0 Å². The minimum absolute atomic E-state index is 0.0244. The van der Waals surface area contributed by atoms with E-state index in [2.05, 4.69) is 16.3 Å².